The molecule has 220 valence electrons. The van der Waals surface area contributed by atoms with Crippen molar-refractivity contribution in [1.29, 1.82) is 0 Å². The largest absolute Gasteiger partial charge is 0.573 e. The highest BCUT2D eigenvalue weighted by Crippen LogP contribution is 2.26. The molecule has 0 aliphatic carbocycles. The van der Waals surface area contributed by atoms with Crippen LogP contribution in [0.1, 0.15) is 39.1 Å². The number of benzene rings is 2. The Morgan fingerprint density at radius 3 is 2.46 bits per heavy atom. The van der Waals surface area contributed by atoms with Crippen LogP contribution in [0.4, 0.5) is 13.2 Å². The van der Waals surface area contributed by atoms with Gasteiger partial charge < -0.3 is 19.7 Å². The van der Waals surface area contributed by atoms with E-state index in [1.165, 1.54) is 12.1 Å². The van der Waals surface area contributed by atoms with E-state index in [4.69, 9.17) is 9.84 Å². The van der Waals surface area contributed by atoms with Crippen LogP contribution in [0.3, 0.4) is 0 Å². The van der Waals surface area contributed by atoms with Gasteiger partial charge in [-0.2, -0.15) is 5.10 Å². The minimum absolute atomic E-state index is 0.0926. The van der Waals surface area contributed by atoms with Gasteiger partial charge in [-0.15, -0.1) is 13.2 Å². The average Bonchev–Trinajstić information content (AvgIpc) is 3.33. The summed E-state index contributed by atoms with van der Waals surface area (Å²) in [5, 5.41) is 8.65. The fourth-order valence-corrected chi connectivity index (χ4v) is 5.38. The third kappa shape index (κ3) is 7.56. The first-order valence-electron chi connectivity index (χ1n) is 13.9. The number of hydrogen-bond donors (Lipinski definition) is 1. The van der Waals surface area contributed by atoms with Crippen LogP contribution in [0.15, 0.2) is 42.6 Å². The van der Waals surface area contributed by atoms with Crippen LogP contribution in [-0.2, 0) is 11.3 Å². The number of nitrogens with one attached hydrogen (secondary N) is 1. The zero-order valence-corrected chi connectivity index (χ0v) is 23.0. The average molecular weight is 574 g/mol. The molecule has 2 aliphatic rings. The maximum Gasteiger partial charge on any atom is 0.573 e. The van der Waals surface area contributed by atoms with Gasteiger partial charge in [0, 0.05) is 68.5 Å². The van der Waals surface area contributed by atoms with Gasteiger partial charge in [0.05, 0.1) is 18.7 Å². The number of amides is 2. The molecule has 0 radical (unpaired) electrons. The Balaban J connectivity index is 1.13. The smallest absolute Gasteiger partial charge is 0.406 e. The van der Waals surface area contributed by atoms with Gasteiger partial charge in [-0.1, -0.05) is 0 Å². The third-order valence-corrected chi connectivity index (χ3v) is 7.64. The number of ether oxygens (including phenoxy) is 2. The molecule has 9 nitrogen and oxygen atoms in total. The van der Waals surface area contributed by atoms with E-state index < -0.39 is 6.36 Å². The minimum atomic E-state index is -4.77. The summed E-state index contributed by atoms with van der Waals surface area (Å²) >= 11 is 0. The molecule has 5 rings (SSSR count). The Bertz CT molecular complexity index is 1360. The fourth-order valence-electron chi connectivity index (χ4n) is 5.38. The van der Waals surface area contributed by atoms with Crippen molar-refractivity contribution < 1.29 is 32.2 Å². The number of aromatic nitrogens is 2. The number of carbonyl (C=O) groups excluding carboxylic acids is 2. The van der Waals surface area contributed by atoms with Crippen LogP contribution < -0.4 is 10.1 Å². The van der Waals surface area contributed by atoms with Crippen molar-refractivity contribution in [2.75, 3.05) is 52.5 Å². The van der Waals surface area contributed by atoms with Gasteiger partial charge in [-0.25, -0.2) is 0 Å². The number of halogens is 3. The van der Waals surface area contributed by atoms with Gasteiger partial charge in [0.2, 0.25) is 0 Å². The van der Waals surface area contributed by atoms with E-state index in [0.29, 0.717) is 43.2 Å². The number of morpholine rings is 1. The van der Waals surface area contributed by atoms with Crippen LogP contribution in [0.25, 0.3) is 10.9 Å². The monoisotopic (exact) mass is 573 g/mol. The molecule has 0 bridgehead atoms. The predicted molar refractivity (Wildman–Crippen MR) is 146 cm³/mol. The lowest BCUT2D eigenvalue weighted by molar-refractivity contribution is -0.274. The highest BCUT2D eigenvalue weighted by molar-refractivity contribution is 5.99. The van der Waals surface area contributed by atoms with Crippen LogP contribution in [0, 0.1) is 12.8 Å². The van der Waals surface area contributed by atoms with Crippen molar-refractivity contribution in [2.45, 2.75) is 32.7 Å². The Labute approximate surface area is 236 Å². The van der Waals surface area contributed by atoms with Crippen LogP contribution in [-0.4, -0.2) is 90.2 Å². The lowest BCUT2D eigenvalue weighted by Gasteiger charge is -2.32. The molecule has 0 atom stereocenters. The second kappa shape index (κ2) is 12.5. The van der Waals surface area contributed by atoms with Gasteiger partial charge in [0.25, 0.3) is 11.8 Å². The molecule has 1 N–H and O–H groups in total. The van der Waals surface area contributed by atoms with E-state index in [1.54, 1.807) is 4.90 Å². The number of aryl methyl sites for hydroxylation is 1. The van der Waals surface area contributed by atoms with Gasteiger partial charge in [-0.3, -0.25) is 19.2 Å². The molecule has 1 aromatic heterocycles. The zero-order chi connectivity index (χ0) is 29.0. The molecule has 2 aromatic carbocycles. The van der Waals surface area contributed by atoms with Gasteiger partial charge in [0.15, 0.2) is 0 Å². The Morgan fingerprint density at radius 2 is 1.78 bits per heavy atom. The Kier molecular flexibility index (Phi) is 8.79. The molecule has 0 unspecified atom stereocenters. The van der Waals surface area contributed by atoms with Crippen molar-refractivity contribution in [2.24, 2.45) is 5.92 Å². The Morgan fingerprint density at radius 1 is 1.07 bits per heavy atom. The van der Waals surface area contributed by atoms with Crippen LogP contribution in [0.2, 0.25) is 0 Å². The van der Waals surface area contributed by atoms with E-state index in [2.05, 4.69) is 15.0 Å². The number of piperidine rings is 1. The van der Waals surface area contributed by atoms with E-state index in [1.807, 2.05) is 29.9 Å². The number of alkyl halides is 3. The highest BCUT2D eigenvalue weighted by atomic mass is 19.4. The second-order valence-corrected chi connectivity index (χ2v) is 10.6. The molecule has 2 fully saturated rings. The molecule has 2 amide bonds. The summed E-state index contributed by atoms with van der Waals surface area (Å²) in [5.41, 5.74) is 2.67. The number of rotatable bonds is 8. The van der Waals surface area contributed by atoms with Gasteiger partial charge >= 0.3 is 6.36 Å². The Hall–Kier alpha value is -3.64. The normalized spacial score (nSPS) is 17.1. The van der Waals surface area contributed by atoms with E-state index in [9.17, 15) is 22.8 Å². The maximum absolute atomic E-state index is 12.9. The molecular formula is C29H34F3N5O4. The molecule has 12 heteroatoms. The minimum Gasteiger partial charge on any atom is -0.406 e. The summed E-state index contributed by atoms with van der Waals surface area (Å²) in [6, 6.07) is 8.84. The molecule has 0 saturated carbocycles. The summed E-state index contributed by atoms with van der Waals surface area (Å²) in [7, 11) is 0. The van der Waals surface area contributed by atoms with Gasteiger partial charge in [-0.05, 0) is 67.6 Å². The number of nitrogens with zero attached hydrogens (tertiary/aromatic N) is 4. The quantitative estimate of drug-likeness (QED) is 0.441. The van der Waals surface area contributed by atoms with E-state index in [0.717, 1.165) is 74.3 Å². The lowest BCUT2D eigenvalue weighted by Crippen LogP contribution is -2.41. The number of likely N-dealkylation sites (tertiary alicyclic amines) is 1. The van der Waals surface area contributed by atoms with Crippen molar-refractivity contribution in [1.82, 2.24) is 24.9 Å². The van der Waals surface area contributed by atoms with E-state index >= 15 is 0 Å². The molecular weight excluding hydrogens is 539 g/mol. The summed E-state index contributed by atoms with van der Waals surface area (Å²) < 4.78 is 48.3. The summed E-state index contributed by atoms with van der Waals surface area (Å²) in [6.45, 7) is 8.31. The number of carbonyl (C=O) groups is 2. The summed E-state index contributed by atoms with van der Waals surface area (Å²) in [4.78, 5) is 29.7. The summed E-state index contributed by atoms with van der Waals surface area (Å²) in [5.74, 6) is -0.339. The predicted octanol–water partition coefficient (Wildman–Crippen LogP) is 3.86. The lowest BCUT2D eigenvalue weighted by atomic mass is 9.96. The molecule has 2 aliphatic heterocycles. The first-order valence-corrected chi connectivity index (χ1v) is 13.9. The third-order valence-electron chi connectivity index (χ3n) is 7.64. The maximum atomic E-state index is 12.9. The van der Waals surface area contributed by atoms with E-state index in [-0.39, 0.29) is 17.6 Å². The van der Waals surface area contributed by atoms with Crippen molar-refractivity contribution in [3.8, 4) is 5.75 Å². The van der Waals surface area contributed by atoms with Crippen molar-refractivity contribution in [3.63, 3.8) is 0 Å². The van der Waals surface area contributed by atoms with Crippen LogP contribution >= 0.6 is 0 Å². The first kappa shape index (κ1) is 28.9. The first-order chi connectivity index (χ1) is 19.6. The second-order valence-electron chi connectivity index (χ2n) is 10.6. The molecule has 3 heterocycles. The molecule has 3 aromatic rings. The highest BCUT2D eigenvalue weighted by Gasteiger charge is 2.31. The summed E-state index contributed by atoms with van der Waals surface area (Å²) in [6.07, 6.45) is -1.24. The molecule has 0 spiro atoms. The fraction of sp³-hybridized carbons (Fsp3) is 0.483. The molecule has 2 saturated heterocycles. The van der Waals surface area contributed by atoms with Crippen molar-refractivity contribution in [3.05, 3.63) is 59.3 Å². The van der Waals surface area contributed by atoms with Gasteiger partial charge in [0.1, 0.15) is 5.75 Å². The number of fused-ring (bicyclic) bond motifs is 1. The SMILES string of the molecule is Cc1cc2nn(CC3CCN(C(=O)c4ccc(OC(F)(F)F)cc4)CC3)cc2cc1C(=O)NCCN1CCOCC1. The zero-order valence-electron chi connectivity index (χ0n) is 23.0. The topological polar surface area (TPSA) is 88.9 Å². The van der Waals surface area contributed by atoms with Crippen LogP contribution in [0.5, 0.6) is 5.75 Å². The van der Waals surface area contributed by atoms with Crippen molar-refractivity contribution >= 4 is 22.7 Å². The molecule has 41 heavy (non-hydrogen) atoms. The standard InChI is InChI=1S/C29H34F3N5O4/c1-20-16-26-23(17-25(20)27(38)33-8-11-35-12-14-40-15-13-35)19-37(34-26)18-21-6-9-36(10-7-21)28(39)22-2-4-24(5-3-22)41-29(30,31)32/h2-5,16-17,19,21H,6-15,18H2,1H3,(H,33,38). The number of hydrogen-bond acceptors (Lipinski definition) is 6.